The SMILES string of the molecule is O=C(OCCNc1ccc([N+](=O)[O-])cn1)c1ccco1. The van der Waals surface area contributed by atoms with Crippen LogP contribution in [0.4, 0.5) is 11.5 Å². The number of carbonyl (C=O) groups is 1. The van der Waals surface area contributed by atoms with Crippen molar-refractivity contribution in [1.82, 2.24) is 4.98 Å². The number of hydrogen-bond acceptors (Lipinski definition) is 7. The Hall–Kier alpha value is -2.90. The molecule has 0 radical (unpaired) electrons. The van der Waals surface area contributed by atoms with Gasteiger partial charge in [-0.2, -0.15) is 0 Å². The average Bonchev–Trinajstić information content (AvgIpc) is 2.98. The number of anilines is 1. The van der Waals surface area contributed by atoms with E-state index in [1.54, 1.807) is 6.07 Å². The summed E-state index contributed by atoms with van der Waals surface area (Å²) in [6.07, 6.45) is 2.53. The number of rotatable bonds is 6. The predicted molar refractivity (Wildman–Crippen MR) is 68.4 cm³/mol. The van der Waals surface area contributed by atoms with Gasteiger partial charge in [-0.3, -0.25) is 10.1 Å². The molecule has 0 amide bonds. The minimum atomic E-state index is -0.548. The van der Waals surface area contributed by atoms with Gasteiger partial charge in [0.1, 0.15) is 18.6 Å². The second-order valence-electron chi connectivity index (χ2n) is 3.70. The molecule has 0 bridgehead atoms. The van der Waals surface area contributed by atoms with Crippen molar-refractivity contribution in [3.8, 4) is 0 Å². The van der Waals surface area contributed by atoms with Crippen molar-refractivity contribution in [2.45, 2.75) is 0 Å². The van der Waals surface area contributed by atoms with Gasteiger partial charge in [-0.15, -0.1) is 0 Å². The van der Waals surface area contributed by atoms with Crippen molar-refractivity contribution < 1.29 is 18.9 Å². The first-order valence-electron chi connectivity index (χ1n) is 5.72. The van der Waals surface area contributed by atoms with E-state index in [-0.39, 0.29) is 18.1 Å². The summed E-state index contributed by atoms with van der Waals surface area (Å²) >= 11 is 0. The molecular formula is C12H11N3O5. The van der Waals surface area contributed by atoms with Gasteiger partial charge in [-0.05, 0) is 18.2 Å². The van der Waals surface area contributed by atoms with Gasteiger partial charge in [-0.1, -0.05) is 0 Å². The lowest BCUT2D eigenvalue weighted by molar-refractivity contribution is -0.385. The number of furan rings is 1. The molecule has 0 saturated heterocycles. The van der Waals surface area contributed by atoms with Crippen LogP contribution < -0.4 is 5.32 Å². The second-order valence-corrected chi connectivity index (χ2v) is 3.70. The Labute approximate surface area is 113 Å². The third kappa shape index (κ3) is 3.55. The molecule has 2 aromatic rings. The molecule has 0 aliphatic rings. The summed E-state index contributed by atoms with van der Waals surface area (Å²) in [5.74, 6) is 0.0524. The first-order chi connectivity index (χ1) is 9.66. The molecule has 8 nitrogen and oxygen atoms in total. The van der Waals surface area contributed by atoms with Gasteiger partial charge in [0.05, 0.1) is 17.7 Å². The number of aromatic nitrogens is 1. The smallest absolute Gasteiger partial charge is 0.374 e. The summed E-state index contributed by atoms with van der Waals surface area (Å²) in [7, 11) is 0. The summed E-state index contributed by atoms with van der Waals surface area (Å²) in [5.41, 5.74) is -0.0835. The zero-order valence-electron chi connectivity index (χ0n) is 10.3. The molecular weight excluding hydrogens is 266 g/mol. The summed E-state index contributed by atoms with van der Waals surface area (Å²) in [5, 5.41) is 13.3. The first-order valence-corrected chi connectivity index (χ1v) is 5.72. The van der Waals surface area contributed by atoms with Gasteiger partial charge in [0.15, 0.2) is 0 Å². The van der Waals surface area contributed by atoms with E-state index in [0.717, 1.165) is 6.20 Å². The van der Waals surface area contributed by atoms with E-state index in [4.69, 9.17) is 9.15 Å². The highest BCUT2D eigenvalue weighted by atomic mass is 16.6. The second kappa shape index (κ2) is 6.32. The largest absolute Gasteiger partial charge is 0.458 e. The molecule has 8 heteroatoms. The van der Waals surface area contributed by atoms with Crippen molar-refractivity contribution in [3.63, 3.8) is 0 Å². The Morgan fingerprint density at radius 3 is 2.90 bits per heavy atom. The van der Waals surface area contributed by atoms with E-state index >= 15 is 0 Å². The number of nitro groups is 1. The van der Waals surface area contributed by atoms with Gasteiger partial charge in [-0.25, -0.2) is 9.78 Å². The third-order valence-electron chi connectivity index (χ3n) is 2.32. The van der Waals surface area contributed by atoms with Crippen LogP contribution in [0.15, 0.2) is 41.1 Å². The Morgan fingerprint density at radius 2 is 2.30 bits per heavy atom. The maximum absolute atomic E-state index is 11.4. The van der Waals surface area contributed by atoms with Crippen molar-refractivity contribution in [2.75, 3.05) is 18.5 Å². The summed E-state index contributed by atoms with van der Waals surface area (Å²) in [6, 6.07) is 5.92. The molecule has 0 aliphatic heterocycles. The lowest BCUT2D eigenvalue weighted by Gasteiger charge is -2.05. The first kappa shape index (κ1) is 13.5. The maximum atomic E-state index is 11.4. The van der Waals surface area contributed by atoms with Crippen LogP contribution in [-0.4, -0.2) is 29.0 Å². The molecule has 0 fully saturated rings. The molecule has 0 atom stereocenters. The van der Waals surface area contributed by atoms with Crippen LogP contribution in [0.2, 0.25) is 0 Å². The fourth-order valence-corrected chi connectivity index (χ4v) is 1.39. The highest BCUT2D eigenvalue weighted by molar-refractivity contribution is 5.86. The number of esters is 1. The van der Waals surface area contributed by atoms with Crippen LogP contribution in [0.1, 0.15) is 10.6 Å². The Morgan fingerprint density at radius 1 is 1.45 bits per heavy atom. The van der Waals surface area contributed by atoms with Crippen LogP contribution in [0.3, 0.4) is 0 Å². The molecule has 2 aromatic heterocycles. The van der Waals surface area contributed by atoms with Crippen molar-refractivity contribution in [2.24, 2.45) is 0 Å². The Kier molecular flexibility index (Phi) is 4.28. The van der Waals surface area contributed by atoms with Gasteiger partial charge in [0.2, 0.25) is 5.76 Å². The molecule has 0 unspecified atom stereocenters. The monoisotopic (exact) mass is 277 g/mol. The van der Waals surface area contributed by atoms with Crippen LogP contribution in [-0.2, 0) is 4.74 Å². The molecule has 0 aliphatic carbocycles. The standard InChI is InChI=1S/C12H11N3O5/c16-12(10-2-1-6-19-10)20-7-5-13-11-4-3-9(8-14-11)15(17)18/h1-4,6,8H,5,7H2,(H,13,14). The normalized spacial score (nSPS) is 10.0. The number of nitrogens with zero attached hydrogens (tertiary/aromatic N) is 2. The minimum Gasteiger partial charge on any atom is -0.458 e. The van der Waals surface area contributed by atoms with Crippen LogP contribution >= 0.6 is 0 Å². The minimum absolute atomic E-state index is 0.0835. The Bertz CT molecular complexity index is 580. The van der Waals surface area contributed by atoms with Crippen molar-refractivity contribution >= 4 is 17.5 Å². The molecule has 0 aromatic carbocycles. The number of hydrogen-bond donors (Lipinski definition) is 1. The highest BCUT2D eigenvalue weighted by Gasteiger charge is 2.09. The number of pyridine rings is 1. The van der Waals surface area contributed by atoms with E-state index in [1.165, 1.54) is 24.5 Å². The molecule has 20 heavy (non-hydrogen) atoms. The van der Waals surface area contributed by atoms with Gasteiger partial charge in [0, 0.05) is 6.07 Å². The van der Waals surface area contributed by atoms with Crippen LogP contribution in [0, 0.1) is 10.1 Å². The fraction of sp³-hybridized carbons (Fsp3) is 0.167. The molecule has 2 rings (SSSR count). The zero-order valence-corrected chi connectivity index (χ0v) is 10.3. The van der Waals surface area contributed by atoms with Crippen molar-refractivity contribution in [1.29, 1.82) is 0 Å². The third-order valence-corrected chi connectivity index (χ3v) is 2.32. The lowest BCUT2D eigenvalue weighted by atomic mass is 10.4. The maximum Gasteiger partial charge on any atom is 0.374 e. The number of ether oxygens (including phenoxy) is 1. The topological polar surface area (TPSA) is 108 Å². The van der Waals surface area contributed by atoms with E-state index < -0.39 is 10.9 Å². The quantitative estimate of drug-likeness (QED) is 0.371. The highest BCUT2D eigenvalue weighted by Crippen LogP contribution is 2.11. The van der Waals surface area contributed by atoms with Gasteiger partial charge >= 0.3 is 5.97 Å². The Balaban J connectivity index is 1.73. The summed E-state index contributed by atoms with van der Waals surface area (Å²) in [4.78, 5) is 25.2. The number of nitrogens with one attached hydrogen (secondary N) is 1. The zero-order chi connectivity index (χ0) is 14.4. The van der Waals surface area contributed by atoms with Crippen LogP contribution in [0.25, 0.3) is 0 Å². The average molecular weight is 277 g/mol. The van der Waals surface area contributed by atoms with E-state index in [0.29, 0.717) is 12.4 Å². The molecule has 2 heterocycles. The predicted octanol–water partition coefficient (Wildman–Crippen LogP) is 1.85. The molecule has 0 spiro atoms. The number of carbonyl (C=O) groups excluding carboxylic acids is 1. The fourth-order valence-electron chi connectivity index (χ4n) is 1.39. The summed E-state index contributed by atoms with van der Waals surface area (Å²) in [6.45, 7) is 0.454. The van der Waals surface area contributed by atoms with E-state index in [2.05, 4.69) is 10.3 Å². The van der Waals surface area contributed by atoms with Crippen molar-refractivity contribution in [3.05, 3.63) is 52.6 Å². The van der Waals surface area contributed by atoms with Gasteiger partial charge < -0.3 is 14.5 Å². The van der Waals surface area contributed by atoms with E-state index in [1.807, 2.05) is 0 Å². The molecule has 0 saturated carbocycles. The molecule has 1 N–H and O–H groups in total. The summed E-state index contributed by atoms with van der Waals surface area (Å²) < 4.78 is 9.81. The van der Waals surface area contributed by atoms with Crippen LogP contribution in [0.5, 0.6) is 0 Å². The molecule has 104 valence electrons. The van der Waals surface area contributed by atoms with Gasteiger partial charge in [0.25, 0.3) is 5.69 Å². The van der Waals surface area contributed by atoms with E-state index in [9.17, 15) is 14.9 Å². The lowest BCUT2D eigenvalue weighted by Crippen LogP contribution is -2.14.